The Bertz CT molecular complexity index is 1220. The summed E-state index contributed by atoms with van der Waals surface area (Å²) in [4.78, 5) is 39.2. The van der Waals surface area contributed by atoms with Crippen LogP contribution in [-0.2, 0) is 28.3 Å². The summed E-state index contributed by atoms with van der Waals surface area (Å²) in [6.45, 7) is 4.75. The third-order valence-corrected chi connectivity index (χ3v) is 7.25. The van der Waals surface area contributed by atoms with Gasteiger partial charge in [-0.2, -0.15) is 0 Å². The van der Waals surface area contributed by atoms with Gasteiger partial charge in [0.2, 0.25) is 11.8 Å². The summed E-state index contributed by atoms with van der Waals surface area (Å²) in [5, 5.41) is 14.4. The van der Waals surface area contributed by atoms with Crippen LogP contribution in [0.25, 0.3) is 0 Å². The molecule has 0 aliphatic rings. The lowest BCUT2D eigenvalue weighted by molar-refractivity contribution is -0.384. The van der Waals surface area contributed by atoms with E-state index in [1.54, 1.807) is 23.1 Å². The number of nitrogens with one attached hydrogen (secondary N) is 1. The van der Waals surface area contributed by atoms with Gasteiger partial charge in [0.1, 0.15) is 6.04 Å². The Morgan fingerprint density at radius 2 is 1.63 bits per heavy atom. The first-order valence-electron chi connectivity index (χ1n) is 12.4. The fraction of sp³-hybridized carbons (Fsp3) is 0.310. The van der Waals surface area contributed by atoms with E-state index in [-0.39, 0.29) is 35.7 Å². The number of thioether (sulfide) groups is 1. The SMILES string of the molecule is CC(C)CNC(=O)[C@H](Cc1ccccc1)N(Cc1ccccc1Cl)C(=O)CSCc1ccc([N+](=O)[O-])cc1. The molecule has 0 heterocycles. The second-order valence-corrected chi connectivity index (χ2v) is 10.8. The third kappa shape index (κ3) is 8.89. The van der Waals surface area contributed by atoms with Gasteiger partial charge >= 0.3 is 0 Å². The van der Waals surface area contributed by atoms with E-state index in [9.17, 15) is 19.7 Å². The normalized spacial score (nSPS) is 11.7. The summed E-state index contributed by atoms with van der Waals surface area (Å²) in [5.41, 5.74) is 2.61. The van der Waals surface area contributed by atoms with Crippen molar-refractivity contribution in [2.45, 2.75) is 38.6 Å². The van der Waals surface area contributed by atoms with Crippen molar-refractivity contribution in [3.8, 4) is 0 Å². The zero-order valence-electron chi connectivity index (χ0n) is 21.5. The molecule has 38 heavy (non-hydrogen) atoms. The second-order valence-electron chi connectivity index (χ2n) is 9.37. The molecule has 0 aromatic heterocycles. The number of halogens is 1. The summed E-state index contributed by atoms with van der Waals surface area (Å²) in [6.07, 6.45) is 0.369. The molecule has 0 saturated heterocycles. The number of hydrogen-bond donors (Lipinski definition) is 1. The summed E-state index contributed by atoms with van der Waals surface area (Å²) in [6, 6.07) is 22.5. The van der Waals surface area contributed by atoms with Crippen molar-refractivity contribution in [2.75, 3.05) is 12.3 Å². The number of hydrogen-bond acceptors (Lipinski definition) is 5. The molecule has 0 radical (unpaired) electrons. The van der Waals surface area contributed by atoms with Crippen LogP contribution >= 0.6 is 23.4 Å². The topological polar surface area (TPSA) is 92.6 Å². The van der Waals surface area contributed by atoms with Gasteiger partial charge in [-0.25, -0.2) is 0 Å². The molecular weight excluding hydrogens is 522 g/mol. The highest BCUT2D eigenvalue weighted by atomic mass is 35.5. The molecule has 3 rings (SSSR count). The smallest absolute Gasteiger partial charge is 0.269 e. The molecular formula is C29H32ClN3O4S. The molecule has 0 aliphatic carbocycles. The van der Waals surface area contributed by atoms with E-state index in [2.05, 4.69) is 5.32 Å². The van der Waals surface area contributed by atoms with Crippen molar-refractivity contribution < 1.29 is 14.5 Å². The second kappa shape index (κ2) is 14.5. The monoisotopic (exact) mass is 553 g/mol. The van der Waals surface area contributed by atoms with Gasteiger partial charge in [0, 0.05) is 42.4 Å². The molecule has 200 valence electrons. The maximum Gasteiger partial charge on any atom is 0.269 e. The minimum Gasteiger partial charge on any atom is -0.354 e. The number of amides is 2. The molecule has 3 aromatic rings. The fourth-order valence-electron chi connectivity index (χ4n) is 3.84. The molecule has 0 bridgehead atoms. The van der Waals surface area contributed by atoms with E-state index in [0.717, 1.165) is 16.7 Å². The Kier molecular flexibility index (Phi) is 11.2. The van der Waals surface area contributed by atoms with Gasteiger partial charge in [0.15, 0.2) is 0 Å². The van der Waals surface area contributed by atoms with Crippen molar-refractivity contribution in [1.82, 2.24) is 10.2 Å². The molecule has 0 fully saturated rings. The highest BCUT2D eigenvalue weighted by molar-refractivity contribution is 7.99. The molecule has 0 spiro atoms. The molecule has 0 saturated carbocycles. The van der Waals surface area contributed by atoms with Crippen molar-refractivity contribution in [3.63, 3.8) is 0 Å². The Hall–Kier alpha value is -3.36. The molecule has 1 atom stereocenters. The van der Waals surface area contributed by atoms with Crippen LogP contribution in [0.5, 0.6) is 0 Å². The number of carbonyl (C=O) groups excluding carboxylic acids is 2. The molecule has 3 aromatic carbocycles. The number of benzene rings is 3. The zero-order chi connectivity index (χ0) is 27.5. The first kappa shape index (κ1) is 29.2. The van der Waals surface area contributed by atoms with Crippen LogP contribution in [0.1, 0.15) is 30.5 Å². The van der Waals surface area contributed by atoms with Crippen LogP contribution in [-0.4, -0.2) is 40.0 Å². The fourth-order valence-corrected chi connectivity index (χ4v) is 4.91. The van der Waals surface area contributed by atoms with Crippen molar-refractivity contribution >= 4 is 40.9 Å². The van der Waals surface area contributed by atoms with E-state index in [1.165, 1.54) is 23.9 Å². The Labute approximate surface area is 232 Å². The maximum absolute atomic E-state index is 13.7. The molecule has 7 nitrogen and oxygen atoms in total. The van der Waals surface area contributed by atoms with Crippen LogP contribution < -0.4 is 5.32 Å². The number of carbonyl (C=O) groups is 2. The van der Waals surface area contributed by atoms with E-state index >= 15 is 0 Å². The highest BCUT2D eigenvalue weighted by Gasteiger charge is 2.30. The van der Waals surface area contributed by atoms with Crippen LogP contribution in [0.3, 0.4) is 0 Å². The average Bonchev–Trinajstić information content (AvgIpc) is 2.91. The summed E-state index contributed by atoms with van der Waals surface area (Å²) >= 11 is 7.85. The minimum absolute atomic E-state index is 0.0249. The molecule has 9 heteroatoms. The van der Waals surface area contributed by atoms with Gasteiger partial charge in [0.25, 0.3) is 5.69 Å². The standard InChI is InChI=1S/C29H32ClN3O4S/c1-21(2)17-31-29(35)27(16-22-8-4-3-5-9-22)32(18-24-10-6-7-11-26(24)30)28(34)20-38-19-23-12-14-25(15-13-23)33(36)37/h3-15,21,27H,16-20H2,1-2H3,(H,31,35)/t27-/m0/s1. The van der Waals surface area contributed by atoms with E-state index < -0.39 is 11.0 Å². The lowest BCUT2D eigenvalue weighted by atomic mass is 10.0. The zero-order valence-corrected chi connectivity index (χ0v) is 23.1. The number of non-ortho nitro benzene ring substituents is 1. The van der Waals surface area contributed by atoms with Crippen LogP contribution in [0.15, 0.2) is 78.9 Å². The maximum atomic E-state index is 13.7. The molecule has 0 aliphatic heterocycles. The lowest BCUT2D eigenvalue weighted by Gasteiger charge is -2.32. The highest BCUT2D eigenvalue weighted by Crippen LogP contribution is 2.23. The van der Waals surface area contributed by atoms with Gasteiger partial charge in [0.05, 0.1) is 10.7 Å². The van der Waals surface area contributed by atoms with Crippen molar-refractivity contribution in [2.24, 2.45) is 5.92 Å². The third-order valence-electron chi connectivity index (χ3n) is 5.90. The molecule has 1 N–H and O–H groups in total. The van der Waals surface area contributed by atoms with Crippen LogP contribution in [0.4, 0.5) is 5.69 Å². The first-order chi connectivity index (χ1) is 18.2. The predicted octanol–water partition coefficient (Wildman–Crippen LogP) is 5.89. The Morgan fingerprint density at radius 3 is 2.26 bits per heavy atom. The first-order valence-corrected chi connectivity index (χ1v) is 13.9. The number of nitrogens with zero attached hydrogens (tertiary/aromatic N) is 2. The molecule has 0 unspecified atom stereocenters. The lowest BCUT2D eigenvalue weighted by Crippen LogP contribution is -2.51. The van der Waals surface area contributed by atoms with E-state index in [1.807, 2.05) is 62.4 Å². The quantitative estimate of drug-likeness (QED) is 0.210. The van der Waals surface area contributed by atoms with Crippen LogP contribution in [0, 0.1) is 16.0 Å². The van der Waals surface area contributed by atoms with Crippen molar-refractivity contribution in [3.05, 3.63) is 111 Å². The Balaban J connectivity index is 1.82. The molecule has 2 amide bonds. The number of nitro benzene ring substituents is 1. The van der Waals surface area contributed by atoms with E-state index in [4.69, 9.17) is 11.6 Å². The van der Waals surface area contributed by atoms with Gasteiger partial charge < -0.3 is 10.2 Å². The largest absolute Gasteiger partial charge is 0.354 e. The minimum atomic E-state index is -0.722. The summed E-state index contributed by atoms with van der Waals surface area (Å²) < 4.78 is 0. The van der Waals surface area contributed by atoms with Gasteiger partial charge in [-0.15, -0.1) is 11.8 Å². The van der Waals surface area contributed by atoms with Crippen LogP contribution in [0.2, 0.25) is 5.02 Å². The van der Waals surface area contributed by atoms with Gasteiger partial charge in [-0.3, -0.25) is 19.7 Å². The average molecular weight is 554 g/mol. The summed E-state index contributed by atoms with van der Waals surface area (Å²) in [5.74, 6) is 0.526. The van der Waals surface area contributed by atoms with E-state index in [0.29, 0.717) is 23.7 Å². The number of nitro groups is 1. The Morgan fingerprint density at radius 1 is 0.974 bits per heavy atom. The van der Waals surface area contributed by atoms with Crippen molar-refractivity contribution in [1.29, 1.82) is 0 Å². The van der Waals surface area contributed by atoms with Gasteiger partial charge in [-0.1, -0.05) is 86.1 Å². The predicted molar refractivity (Wildman–Crippen MR) is 153 cm³/mol. The van der Waals surface area contributed by atoms with Gasteiger partial charge in [-0.05, 0) is 28.7 Å². The summed E-state index contributed by atoms with van der Waals surface area (Å²) in [7, 11) is 0. The number of rotatable bonds is 13.